The Morgan fingerprint density at radius 3 is 3.25 bits per heavy atom. The minimum atomic E-state index is 0.0879. The van der Waals surface area contributed by atoms with E-state index in [4.69, 9.17) is 5.11 Å². The molecule has 0 bridgehead atoms. The minimum absolute atomic E-state index is 0.0879. The molecule has 1 aromatic heterocycles. The molecule has 0 amide bonds. The summed E-state index contributed by atoms with van der Waals surface area (Å²) < 4.78 is 0. The van der Waals surface area contributed by atoms with Crippen molar-refractivity contribution >= 4 is 6.08 Å². The molecular formula is C9H12N2O. The number of nitrogens with one attached hydrogen (secondary N) is 1. The zero-order valence-corrected chi connectivity index (χ0v) is 7.04. The third-order valence-electron chi connectivity index (χ3n) is 2.08. The number of aromatic nitrogens is 1. The summed E-state index contributed by atoms with van der Waals surface area (Å²) in [6, 6.07) is 1.98. The molecule has 1 aliphatic heterocycles. The van der Waals surface area contributed by atoms with E-state index in [2.05, 4.69) is 16.0 Å². The Balaban J connectivity index is 2.37. The molecule has 2 heterocycles. The standard InChI is InChI=1S/C9H12N2O/c1-11-3-2-7-4-8(6-12)10-9(7)5-11/h2-4,10,12H,5-6H2,1H3. The number of nitrogens with zero attached hydrogens (tertiary/aromatic N) is 1. The maximum absolute atomic E-state index is 8.88. The third kappa shape index (κ3) is 1.12. The van der Waals surface area contributed by atoms with Gasteiger partial charge in [-0.15, -0.1) is 0 Å². The summed E-state index contributed by atoms with van der Waals surface area (Å²) in [6.07, 6.45) is 4.09. The first-order valence-electron chi connectivity index (χ1n) is 3.99. The van der Waals surface area contributed by atoms with Crippen molar-refractivity contribution in [2.75, 3.05) is 7.05 Å². The molecule has 3 nitrogen and oxygen atoms in total. The van der Waals surface area contributed by atoms with E-state index in [0.717, 1.165) is 12.2 Å². The molecule has 0 fully saturated rings. The van der Waals surface area contributed by atoms with E-state index in [9.17, 15) is 0 Å². The first kappa shape index (κ1) is 7.43. The van der Waals surface area contributed by atoms with Crippen molar-refractivity contribution in [3.63, 3.8) is 0 Å². The second kappa shape index (κ2) is 2.68. The summed E-state index contributed by atoms with van der Waals surface area (Å²) in [6.45, 7) is 0.983. The second-order valence-electron chi connectivity index (χ2n) is 3.12. The van der Waals surface area contributed by atoms with Crippen molar-refractivity contribution in [2.45, 2.75) is 13.2 Å². The van der Waals surface area contributed by atoms with Crippen LogP contribution in [-0.4, -0.2) is 22.0 Å². The van der Waals surface area contributed by atoms with Gasteiger partial charge in [0.1, 0.15) is 0 Å². The predicted molar refractivity (Wildman–Crippen MR) is 47.2 cm³/mol. The van der Waals surface area contributed by atoms with Crippen LogP contribution < -0.4 is 0 Å². The molecule has 1 aliphatic rings. The molecule has 0 saturated carbocycles. The predicted octanol–water partition coefficient (Wildman–Crippen LogP) is 0.923. The topological polar surface area (TPSA) is 39.3 Å². The van der Waals surface area contributed by atoms with Gasteiger partial charge in [0.05, 0.1) is 13.2 Å². The molecule has 0 aliphatic carbocycles. The second-order valence-corrected chi connectivity index (χ2v) is 3.12. The van der Waals surface area contributed by atoms with E-state index in [1.807, 2.05) is 19.3 Å². The van der Waals surface area contributed by atoms with Crippen LogP contribution in [0.3, 0.4) is 0 Å². The lowest BCUT2D eigenvalue weighted by molar-refractivity contribution is 0.277. The fourth-order valence-corrected chi connectivity index (χ4v) is 1.45. The van der Waals surface area contributed by atoms with Crippen LogP contribution in [0.25, 0.3) is 6.08 Å². The Bertz CT molecular complexity index is 314. The zero-order valence-electron chi connectivity index (χ0n) is 7.04. The number of fused-ring (bicyclic) bond motifs is 1. The summed E-state index contributed by atoms with van der Waals surface area (Å²) in [7, 11) is 2.03. The maximum atomic E-state index is 8.88. The maximum Gasteiger partial charge on any atom is 0.0831 e. The van der Waals surface area contributed by atoms with Gasteiger partial charge in [0, 0.05) is 18.4 Å². The van der Waals surface area contributed by atoms with Gasteiger partial charge < -0.3 is 15.0 Å². The fourth-order valence-electron chi connectivity index (χ4n) is 1.45. The summed E-state index contributed by atoms with van der Waals surface area (Å²) in [5.74, 6) is 0. The molecule has 12 heavy (non-hydrogen) atoms. The average Bonchev–Trinajstić information content (AvgIpc) is 2.46. The van der Waals surface area contributed by atoms with E-state index < -0.39 is 0 Å². The van der Waals surface area contributed by atoms with E-state index in [1.54, 1.807) is 0 Å². The van der Waals surface area contributed by atoms with E-state index in [-0.39, 0.29) is 6.61 Å². The molecule has 64 valence electrons. The Kier molecular flexibility index (Phi) is 1.66. The summed E-state index contributed by atoms with van der Waals surface area (Å²) >= 11 is 0. The van der Waals surface area contributed by atoms with Gasteiger partial charge in [0.15, 0.2) is 0 Å². The van der Waals surface area contributed by atoms with Gasteiger partial charge in [-0.1, -0.05) is 0 Å². The van der Waals surface area contributed by atoms with Gasteiger partial charge in [-0.2, -0.15) is 0 Å². The molecule has 2 N–H and O–H groups in total. The van der Waals surface area contributed by atoms with Crippen molar-refractivity contribution in [1.29, 1.82) is 0 Å². The fraction of sp³-hybridized carbons (Fsp3) is 0.333. The lowest BCUT2D eigenvalue weighted by atomic mass is 10.2. The summed E-state index contributed by atoms with van der Waals surface area (Å²) in [4.78, 5) is 5.27. The highest BCUT2D eigenvalue weighted by Gasteiger charge is 2.10. The molecular weight excluding hydrogens is 152 g/mol. The minimum Gasteiger partial charge on any atom is -0.390 e. The molecule has 0 unspecified atom stereocenters. The normalized spacial score (nSPS) is 15.0. The highest BCUT2D eigenvalue weighted by Crippen LogP contribution is 2.19. The van der Waals surface area contributed by atoms with Crippen molar-refractivity contribution in [3.8, 4) is 0 Å². The van der Waals surface area contributed by atoms with Crippen LogP contribution in [0.5, 0.6) is 0 Å². The lowest BCUT2D eigenvalue weighted by Gasteiger charge is -2.17. The summed E-state index contributed by atoms with van der Waals surface area (Å²) in [5, 5.41) is 8.88. The van der Waals surface area contributed by atoms with E-state index in [1.165, 1.54) is 11.3 Å². The SMILES string of the molecule is CN1C=Cc2cc(CO)[nH]c2C1. The number of hydrogen-bond donors (Lipinski definition) is 2. The molecule has 0 spiro atoms. The Morgan fingerprint density at radius 2 is 2.50 bits per heavy atom. The van der Waals surface area contributed by atoms with Crippen molar-refractivity contribution < 1.29 is 5.11 Å². The smallest absolute Gasteiger partial charge is 0.0831 e. The van der Waals surface area contributed by atoms with Gasteiger partial charge in [-0.25, -0.2) is 0 Å². The number of aromatic amines is 1. The van der Waals surface area contributed by atoms with Crippen LogP contribution in [0.15, 0.2) is 12.3 Å². The Morgan fingerprint density at radius 1 is 1.67 bits per heavy atom. The quantitative estimate of drug-likeness (QED) is 0.648. The molecule has 3 heteroatoms. The molecule has 0 radical (unpaired) electrons. The Labute approximate surface area is 71.3 Å². The number of aliphatic hydroxyl groups is 1. The third-order valence-corrected chi connectivity index (χ3v) is 2.08. The highest BCUT2D eigenvalue weighted by atomic mass is 16.3. The molecule has 0 atom stereocenters. The van der Waals surface area contributed by atoms with Crippen molar-refractivity contribution in [2.24, 2.45) is 0 Å². The van der Waals surface area contributed by atoms with Crippen LogP contribution in [0.2, 0.25) is 0 Å². The molecule has 0 saturated heterocycles. The van der Waals surface area contributed by atoms with Crippen LogP contribution in [0, 0.1) is 0 Å². The molecule has 0 aromatic carbocycles. The monoisotopic (exact) mass is 164 g/mol. The molecule has 2 rings (SSSR count). The first-order valence-corrected chi connectivity index (χ1v) is 3.99. The van der Waals surface area contributed by atoms with E-state index in [0.29, 0.717) is 0 Å². The molecule has 1 aromatic rings. The highest BCUT2D eigenvalue weighted by molar-refractivity contribution is 5.55. The number of hydrogen-bond acceptors (Lipinski definition) is 2. The lowest BCUT2D eigenvalue weighted by Crippen LogP contribution is -2.13. The number of rotatable bonds is 1. The summed E-state index contributed by atoms with van der Waals surface area (Å²) in [5.41, 5.74) is 3.26. The van der Waals surface area contributed by atoms with Crippen LogP contribution in [0.4, 0.5) is 0 Å². The van der Waals surface area contributed by atoms with Crippen LogP contribution in [0.1, 0.15) is 17.0 Å². The van der Waals surface area contributed by atoms with Gasteiger partial charge in [0.2, 0.25) is 0 Å². The van der Waals surface area contributed by atoms with E-state index >= 15 is 0 Å². The van der Waals surface area contributed by atoms with Crippen LogP contribution >= 0.6 is 0 Å². The Hall–Kier alpha value is -1.22. The zero-order chi connectivity index (χ0) is 8.55. The van der Waals surface area contributed by atoms with Gasteiger partial charge in [-0.3, -0.25) is 0 Å². The van der Waals surface area contributed by atoms with Gasteiger partial charge in [-0.05, 0) is 23.9 Å². The van der Waals surface area contributed by atoms with Gasteiger partial charge >= 0.3 is 0 Å². The van der Waals surface area contributed by atoms with Crippen molar-refractivity contribution in [3.05, 3.63) is 29.2 Å². The number of H-pyrrole nitrogens is 1. The first-order chi connectivity index (χ1) is 5.79. The average molecular weight is 164 g/mol. The van der Waals surface area contributed by atoms with Crippen LogP contribution in [-0.2, 0) is 13.2 Å². The van der Waals surface area contributed by atoms with Crippen molar-refractivity contribution in [1.82, 2.24) is 9.88 Å². The largest absolute Gasteiger partial charge is 0.390 e. The van der Waals surface area contributed by atoms with Gasteiger partial charge in [0.25, 0.3) is 0 Å². The number of aliphatic hydroxyl groups excluding tert-OH is 1.